The number of aromatic nitrogens is 3. The predicted molar refractivity (Wildman–Crippen MR) is 248 cm³/mol. The third kappa shape index (κ3) is 9.18. The molecule has 12 unspecified atom stereocenters. The summed E-state index contributed by atoms with van der Waals surface area (Å²) in [5.74, 6) is 4.86. The Kier molecular flexibility index (Phi) is 15.1. The van der Waals surface area contributed by atoms with E-state index in [0.717, 1.165) is 66.9 Å². The average Bonchev–Trinajstić information content (AvgIpc) is 4.02. The molecule has 0 radical (unpaired) electrons. The summed E-state index contributed by atoms with van der Waals surface area (Å²) in [7, 11) is 0. The normalized spacial score (nSPS) is 51.5. The zero-order valence-electron chi connectivity index (χ0n) is 41.8. The zero-order valence-corrected chi connectivity index (χ0v) is 41.8. The topological polar surface area (TPSA) is 260 Å². The number of hydrogen-bond donors (Lipinski definition) is 8. The second-order valence-corrected chi connectivity index (χ2v) is 23.6. The maximum absolute atomic E-state index is 11.8. The van der Waals surface area contributed by atoms with Crippen LogP contribution >= 0.6 is 0 Å². The van der Waals surface area contributed by atoms with Gasteiger partial charge in [0.2, 0.25) is 0 Å². The summed E-state index contributed by atoms with van der Waals surface area (Å²) < 4.78 is 43.6. The molecule has 8 fully saturated rings. The number of ether oxygens (including phenoxy) is 7. The van der Waals surface area contributed by atoms with E-state index in [-0.39, 0.29) is 18.1 Å². The van der Waals surface area contributed by atoms with Gasteiger partial charge in [0.1, 0.15) is 66.7 Å². The minimum Gasteiger partial charge on any atom is -0.394 e. The number of aryl methyl sites for hydroxylation is 1. The quantitative estimate of drug-likeness (QED) is 0.103. The van der Waals surface area contributed by atoms with Crippen molar-refractivity contribution in [2.24, 2.45) is 46.3 Å². The van der Waals surface area contributed by atoms with Crippen molar-refractivity contribution in [2.45, 2.75) is 229 Å². The Morgan fingerprint density at radius 2 is 1.44 bits per heavy atom. The monoisotopic (exact) mass is 991 g/mol. The maximum Gasteiger partial charge on any atom is 0.187 e. The van der Waals surface area contributed by atoms with Crippen LogP contribution in [0.2, 0.25) is 0 Å². The van der Waals surface area contributed by atoms with Gasteiger partial charge in [-0.05, 0) is 124 Å². The predicted octanol–water partition coefficient (Wildman–Crippen LogP) is 1.38. The van der Waals surface area contributed by atoms with Crippen LogP contribution in [0.4, 0.5) is 0 Å². The SMILES string of the molecule is CC1O[C@@H](OC2[C@H](OCc3cn(CCCO[C@H]4CC[C@@]5(C)C(=CCC6C7CC8C([C@H](C)C9CC[C@H](C)CN89)[C@@]7(C)CCC65)C4)nn3)OC(CO)[C@@H](O[C@@H]3OC(C)[C@H](O)C(O)[C@@H]3O)[C@@H]2O)[C@@H](O)C(O)[C@H]1O. The summed E-state index contributed by atoms with van der Waals surface area (Å²) >= 11 is 0. The average molecular weight is 991 g/mol. The van der Waals surface area contributed by atoms with Crippen molar-refractivity contribution < 1.29 is 74.0 Å². The van der Waals surface area contributed by atoms with Gasteiger partial charge in [0.15, 0.2) is 18.9 Å². The molecule has 0 amide bonds. The largest absolute Gasteiger partial charge is 0.394 e. The number of rotatable bonds is 13. The number of aliphatic hydroxyl groups excluding tert-OH is 8. The summed E-state index contributed by atoms with van der Waals surface area (Å²) in [4.78, 5) is 3.00. The lowest BCUT2D eigenvalue weighted by atomic mass is 9.47. The van der Waals surface area contributed by atoms with Crippen molar-refractivity contribution in [1.82, 2.24) is 19.9 Å². The minimum atomic E-state index is -1.74. The highest BCUT2D eigenvalue weighted by Gasteiger charge is 2.66. The van der Waals surface area contributed by atoms with E-state index in [2.05, 4.69) is 49.0 Å². The fourth-order valence-corrected chi connectivity index (χ4v) is 15.7. The molecule has 26 atom stereocenters. The number of nitrogens with zero attached hydrogens (tertiary/aromatic N) is 4. The highest BCUT2D eigenvalue weighted by atomic mass is 16.8. The molecule has 19 nitrogen and oxygen atoms in total. The molecule has 4 aliphatic carbocycles. The molecule has 1 aromatic heterocycles. The Labute approximate surface area is 411 Å². The van der Waals surface area contributed by atoms with Gasteiger partial charge in [-0.2, -0.15) is 0 Å². The van der Waals surface area contributed by atoms with Crippen LogP contribution in [-0.4, -0.2) is 191 Å². The molecule has 8 N–H and O–H groups in total. The first-order valence-electron chi connectivity index (χ1n) is 26.6. The van der Waals surface area contributed by atoms with Crippen molar-refractivity contribution in [3.8, 4) is 0 Å². The van der Waals surface area contributed by atoms with Gasteiger partial charge in [0, 0.05) is 31.8 Å². The molecular formula is C51H82N4O15. The molecule has 70 heavy (non-hydrogen) atoms. The number of aliphatic hydroxyl groups is 8. The Hall–Kier alpha value is -1.76. The van der Waals surface area contributed by atoms with Crippen molar-refractivity contribution in [3.63, 3.8) is 0 Å². The molecule has 396 valence electrons. The molecule has 19 heteroatoms. The van der Waals surface area contributed by atoms with E-state index in [1.54, 1.807) is 16.5 Å². The molecule has 5 aliphatic heterocycles. The van der Waals surface area contributed by atoms with Gasteiger partial charge in [-0.1, -0.05) is 44.6 Å². The Morgan fingerprint density at radius 3 is 2.14 bits per heavy atom. The van der Waals surface area contributed by atoms with Crippen LogP contribution in [0.5, 0.6) is 0 Å². The zero-order chi connectivity index (χ0) is 49.6. The van der Waals surface area contributed by atoms with Crippen molar-refractivity contribution >= 4 is 0 Å². The van der Waals surface area contributed by atoms with Gasteiger partial charge >= 0.3 is 0 Å². The van der Waals surface area contributed by atoms with Crippen LogP contribution in [0, 0.1) is 46.3 Å². The summed E-state index contributed by atoms with van der Waals surface area (Å²) in [5.41, 5.74) is 2.77. The van der Waals surface area contributed by atoms with Gasteiger partial charge in [-0.3, -0.25) is 9.58 Å². The third-order valence-electron chi connectivity index (χ3n) is 19.5. The number of allylic oxidation sites excluding steroid dienone is 1. The van der Waals surface area contributed by atoms with E-state index in [9.17, 15) is 40.9 Å². The second kappa shape index (κ2) is 20.4. The minimum absolute atomic E-state index is 0.175. The standard InChI is InChI=1S/C51H82N4O15/c1-24-8-11-34-25(2)37-35(55(34)20-24)19-33-31-10-9-28-18-30(12-14-50(28,5)32(31)13-15-51(33,37)6)64-17-7-16-54-21-29(52-53-54)23-65-49-46(70-48-43(62)41(60)39(58)27(4)67-48)44(63)45(36(22-56)68-49)69-47-42(61)40(59)38(57)26(3)66-47/h9,21,24-27,30-49,56-63H,7-8,10-20,22-23H2,1-6H3/t24-,25+,26?,27?,30-,31?,32?,33?,34?,35?,36?,37?,38-,39-,40?,41?,42-,43-,44-,45+,46?,47-,48-,49+,50-,51-/m0/s1. The molecule has 9 aliphatic rings. The van der Waals surface area contributed by atoms with Gasteiger partial charge in [-0.15, -0.1) is 5.10 Å². The third-order valence-corrected chi connectivity index (χ3v) is 19.5. The fraction of sp³-hybridized carbons (Fsp3) is 0.922. The van der Waals surface area contributed by atoms with Crippen LogP contribution in [0.15, 0.2) is 17.8 Å². The lowest BCUT2D eigenvalue weighted by molar-refractivity contribution is -0.385. The summed E-state index contributed by atoms with van der Waals surface area (Å²) in [6.45, 7) is 14.9. The summed E-state index contributed by atoms with van der Waals surface area (Å²) in [5, 5.41) is 93.6. The Morgan fingerprint density at radius 1 is 0.743 bits per heavy atom. The number of hydrogen-bond acceptors (Lipinski definition) is 18. The molecule has 0 spiro atoms. The molecule has 0 bridgehead atoms. The van der Waals surface area contributed by atoms with Gasteiger partial charge in [0.05, 0.1) is 37.7 Å². The van der Waals surface area contributed by atoms with Crippen molar-refractivity contribution in [1.29, 1.82) is 0 Å². The van der Waals surface area contributed by atoms with E-state index >= 15 is 0 Å². The number of piperidine rings is 1. The highest BCUT2D eigenvalue weighted by molar-refractivity contribution is 5.27. The molecule has 5 saturated heterocycles. The summed E-state index contributed by atoms with van der Waals surface area (Å²) in [6.07, 6.45) is -5.39. The maximum atomic E-state index is 11.8. The van der Waals surface area contributed by atoms with Crippen LogP contribution in [-0.2, 0) is 46.3 Å². The highest BCUT2D eigenvalue weighted by Crippen LogP contribution is 2.70. The van der Waals surface area contributed by atoms with E-state index in [1.165, 1.54) is 65.3 Å². The van der Waals surface area contributed by atoms with Crippen LogP contribution in [0.1, 0.15) is 111 Å². The first-order valence-corrected chi connectivity index (χ1v) is 26.6. The molecule has 10 rings (SSSR count). The summed E-state index contributed by atoms with van der Waals surface area (Å²) in [6, 6.07) is 1.58. The van der Waals surface area contributed by atoms with Crippen LogP contribution in [0.3, 0.4) is 0 Å². The smallest absolute Gasteiger partial charge is 0.187 e. The number of fused-ring (bicyclic) bond motifs is 9. The van der Waals surface area contributed by atoms with E-state index in [1.807, 2.05) is 0 Å². The van der Waals surface area contributed by atoms with Gasteiger partial charge in [-0.25, -0.2) is 0 Å². The van der Waals surface area contributed by atoms with E-state index < -0.39 is 98.7 Å². The van der Waals surface area contributed by atoms with Crippen molar-refractivity contribution in [2.75, 3.05) is 19.8 Å². The lowest BCUT2D eigenvalue weighted by Gasteiger charge is -2.58. The molecule has 6 heterocycles. The van der Waals surface area contributed by atoms with Crippen LogP contribution in [0.25, 0.3) is 0 Å². The van der Waals surface area contributed by atoms with Gasteiger partial charge < -0.3 is 74.0 Å². The molecule has 1 aromatic rings. The second-order valence-electron chi connectivity index (χ2n) is 23.6. The molecule has 0 aromatic carbocycles. The molecule has 3 saturated carbocycles. The van der Waals surface area contributed by atoms with E-state index in [4.69, 9.17) is 33.2 Å². The Bertz CT molecular complexity index is 1980. The van der Waals surface area contributed by atoms with Gasteiger partial charge in [0.25, 0.3) is 0 Å². The fourth-order valence-electron chi connectivity index (χ4n) is 15.7. The van der Waals surface area contributed by atoms with Crippen LogP contribution < -0.4 is 0 Å². The van der Waals surface area contributed by atoms with Crippen molar-refractivity contribution in [3.05, 3.63) is 23.5 Å². The van der Waals surface area contributed by atoms with E-state index in [0.29, 0.717) is 24.3 Å². The molecular weight excluding hydrogens is 909 g/mol. The first kappa shape index (κ1) is 51.7. The lowest BCUT2D eigenvalue weighted by Crippen LogP contribution is -2.66. The first-order chi connectivity index (χ1) is 33.4. The Balaban J connectivity index is 0.726.